The van der Waals surface area contributed by atoms with Gasteiger partial charge in [-0.25, -0.2) is 44.8 Å². The second-order valence-electron chi connectivity index (χ2n) is 13.0. The number of guanidine groups is 2. The van der Waals surface area contributed by atoms with Crippen molar-refractivity contribution in [3.05, 3.63) is 102 Å². The standard InChI is InChI=1S/C38H37N13/c1-3-16-49(17-4-1)26-8-10-29(31(20-26)45-35-12-15-39-24-42-35)33-22-28-23-34(48-38-44-25-43-37(47-33)51(28)38)30-11-9-27(50-18-5-2-6-19-50)21-32(30)46-36-40-13-7-14-41-36/h7-15,20-25H,1-6,16-19H2,(H,39,42,45)(H,40,41,46). The fourth-order valence-electron chi connectivity index (χ4n) is 7.13. The van der Waals surface area contributed by atoms with E-state index in [9.17, 15) is 0 Å². The highest BCUT2D eigenvalue weighted by Gasteiger charge is 2.32. The summed E-state index contributed by atoms with van der Waals surface area (Å²) >= 11 is 0. The van der Waals surface area contributed by atoms with Crippen LogP contribution in [0.5, 0.6) is 0 Å². The van der Waals surface area contributed by atoms with E-state index in [1.54, 1.807) is 24.9 Å². The second-order valence-corrected chi connectivity index (χ2v) is 13.0. The Balaban J connectivity index is 1.12. The third kappa shape index (κ3) is 6.33. The number of hydrogen-bond donors (Lipinski definition) is 2. The quantitative estimate of drug-likeness (QED) is 0.214. The minimum Gasteiger partial charge on any atom is -0.371 e. The van der Waals surface area contributed by atoms with E-state index in [4.69, 9.17) is 9.98 Å². The second kappa shape index (κ2) is 13.6. The minimum atomic E-state index is 0.508. The van der Waals surface area contributed by atoms with Crippen LogP contribution >= 0.6 is 0 Å². The average Bonchev–Trinajstić information content (AvgIpc) is 3.19. The molecule has 0 amide bonds. The van der Waals surface area contributed by atoms with Crippen LogP contribution in [0.3, 0.4) is 0 Å². The molecule has 0 saturated carbocycles. The molecule has 2 aromatic heterocycles. The van der Waals surface area contributed by atoms with Gasteiger partial charge in [-0.3, -0.25) is 0 Å². The number of allylic oxidation sites excluding steroid dienone is 2. The van der Waals surface area contributed by atoms with Crippen LogP contribution in [-0.2, 0) is 0 Å². The smallest absolute Gasteiger partial charge is 0.239 e. The van der Waals surface area contributed by atoms with Gasteiger partial charge < -0.3 is 20.4 Å². The average molecular weight is 676 g/mol. The molecule has 13 nitrogen and oxygen atoms in total. The summed E-state index contributed by atoms with van der Waals surface area (Å²) in [5.41, 5.74) is 8.35. The molecule has 0 bridgehead atoms. The lowest BCUT2D eigenvalue weighted by atomic mass is 10.0. The van der Waals surface area contributed by atoms with Crippen molar-refractivity contribution in [2.24, 2.45) is 20.0 Å². The number of rotatable bonds is 8. The first-order valence-corrected chi connectivity index (χ1v) is 17.6. The highest BCUT2D eigenvalue weighted by molar-refractivity contribution is 6.24. The molecule has 9 rings (SSSR count). The van der Waals surface area contributed by atoms with Crippen molar-refractivity contribution in [3.8, 4) is 0 Å². The Bertz CT molecular complexity index is 2020. The van der Waals surface area contributed by atoms with Gasteiger partial charge in [0.25, 0.3) is 0 Å². The number of aromatic nitrogens is 4. The SMILES string of the molecule is C1=NC2=NC(c3ccc(N4CCCCC4)cc3Nc3ccncn3)=CC3=CC(c4ccc(N5CCCCC5)cc4Nc4ncccn4)=NC(=N1)N32. The number of piperidine rings is 2. The van der Waals surface area contributed by atoms with Crippen LogP contribution in [-0.4, -0.2) is 75.0 Å². The van der Waals surface area contributed by atoms with Gasteiger partial charge in [-0.1, -0.05) is 0 Å². The lowest BCUT2D eigenvalue weighted by molar-refractivity contribution is 0.578. The zero-order valence-corrected chi connectivity index (χ0v) is 28.2. The summed E-state index contributed by atoms with van der Waals surface area (Å²) in [6, 6.07) is 16.7. The Morgan fingerprint density at radius 2 is 1.33 bits per heavy atom. The monoisotopic (exact) mass is 675 g/mol. The third-order valence-corrected chi connectivity index (χ3v) is 9.67. The van der Waals surface area contributed by atoms with Crippen LogP contribution in [0.25, 0.3) is 5.70 Å². The van der Waals surface area contributed by atoms with Crippen LogP contribution < -0.4 is 20.4 Å². The van der Waals surface area contributed by atoms with Crippen molar-refractivity contribution in [1.82, 2.24) is 24.8 Å². The fraction of sp³-hybridized carbons (Fsp3) is 0.263. The summed E-state index contributed by atoms with van der Waals surface area (Å²) in [6.07, 6.45) is 19.7. The number of hydrogen-bond acceptors (Lipinski definition) is 13. The molecule has 7 heterocycles. The normalized spacial score (nSPS) is 18.2. The highest BCUT2D eigenvalue weighted by atomic mass is 15.4. The molecule has 2 saturated heterocycles. The summed E-state index contributed by atoms with van der Waals surface area (Å²) in [6.45, 7) is 4.17. The largest absolute Gasteiger partial charge is 0.371 e. The Kier molecular flexibility index (Phi) is 8.20. The van der Waals surface area contributed by atoms with E-state index >= 15 is 0 Å². The molecular formula is C38H37N13. The topological polar surface area (TPSA) is 135 Å². The van der Waals surface area contributed by atoms with Crippen LogP contribution in [0.2, 0.25) is 0 Å². The maximum absolute atomic E-state index is 5.03. The number of nitrogens with zero attached hydrogens (tertiary/aromatic N) is 11. The number of anilines is 6. The molecule has 13 heteroatoms. The molecule has 2 N–H and O–H groups in total. The van der Waals surface area contributed by atoms with E-state index in [0.29, 0.717) is 23.7 Å². The van der Waals surface area contributed by atoms with Crippen molar-refractivity contribution in [2.45, 2.75) is 38.5 Å². The Labute approximate surface area is 296 Å². The Hall–Kier alpha value is -6.24. The summed E-state index contributed by atoms with van der Waals surface area (Å²) in [7, 11) is 0. The molecule has 5 aliphatic rings. The maximum Gasteiger partial charge on any atom is 0.239 e. The van der Waals surface area contributed by atoms with Crippen LogP contribution in [0.1, 0.15) is 49.7 Å². The molecule has 0 spiro atoms. The predicted octanol–water partition coefficient (Wildman–Crippen LogP) is 6.53. The van der Waals surface area contributed by atoms with Crippen LogP contribution in [0, 0.1) is 0 Å². The first-order valence-electron chi connectivity index (χ1n) is 17.6. The fourth-order valence-corrected chi connectivity index (χ4v) is 7.13. The zero-order valence-electron chi connectivity index (χ0n) is 28.2. The number of nitrogens with one attached hydrogen (secondary N) is 2. The molecular weight excluding hydrogens is 639 g/mol. The molecule has 51 heavy (non-hydrogen) atoms. The Morgan fingerprint density at radius 3 is 2.04 bits per heavy atom. The van der Waals surface area contributed by atoms with Crippen LogP contribution in [0.15, 0.2) is 111 Å². The molecule has 0 radical (unpaired) electrons. The summed E-state index contributed by atoms with van der Waals surface area (Å²) in [4.78, 5) is 43.5. The summed E-state index contributed by atoms with van der Waals surface area (Å²) < 4.78 is 0. The molecule has 254 valence electrons. The lowest BCUT2D eigenvalue weighted by Gasteiger charge is -2.33. The van der Waals surface area contributed by atoms with Gasteiger partial charge in [-0.15, -0.1) is 0 Å². The van der Waals surface area contributed by atoms with Crippen molar-refractivity contribution in [2.75, 3.05) is 46.6 Å². The first-order chi connectivity index (χ1) is 25.2. The van der Waals surface area contributed by atoms with Crippen molar-refractivity contribution in [3.63, 3.8) is 0 Å². The van der Waals surface area contributed by atoms with E-state index < -0.39 is 0 Å². The van der Waals surface area contributed by atoms with Crippen molar-refractivity contribution in [1.29, 1.82) is 0 Å². The number of benzene rings is 2. The van der Waals surface area contributed by atoms with Crippen molar-refractivity contribution < 1.29 is 0 Å². The van der Waals surface area contributed by atoms with E-state index in [0.717, 1.165) is 71.5 Å². The van der Waals surface area contributed by atoms with E-state index in [1.807, 2.05) is 17.0 Å². The molecule has 0 aliphatic carbocycles. The predicted molar refractivity (Wildman–Crippen MR) is 203 cm³/mol. The lowest BCUT2D eigenvalue weighted by Crippen LogP contribution is -2.40. The van der Waals surface area contributed by atoms with Gasteiger partial charge in [0.2, 0.25) is 17.9 Å². The molecule has 2 fully saturated rings. The van der Waals surface area contributed by atoms with Gasteiger partial charge in [0.15, 0.2) is 0 Å². The van der Waals surface area contributed by atoms with E-state index in [-0.39, 0.29) is 0 Å². The zero-order chi connectivity index (χ0) is 34.0. The molecule has 0 atom stereocenters. The summed E-state index contributed by atoms with van der Waals surface area (Å²) in [5.74, 6) is 2.25. The van der Waals surface area contributed by atoms with Gasteiger partial charge in [-0.05, 0) is 99.2 Å². The van der Waals surface area contributed by atoms with E-state index in [2.05, 4.69) is 98.9 Å². The van der Waals surface area contributed by atoms with Crippen LogP contribution in [0.4, 0.5) is 34.5 Å². The van der Waals surface area contributed by atoms with E-state index in [1.165, 1.54) is 50.6 Å². The first kappa shape index (κ1) is 30.8. The highest BCUT2D eigenvalue weighted by Crippen LogP contribution is 2.37. The third-order valence-electron chi connectivity index (χ3n) is 9.67. The van der Waals surface area contributed by atoms with Crippen molar-refractivity contribution >= 4 is 64.2 Å². The van der Waals surface area contributed by atoms with Gasteiger partial charge >= 0.3 is 0 Å². The molecule has 5 aliphatic heterocycles. The number of aliphatic imine (C=N–C) groups is 4. The molecule has 2 aromatic carbocycles. The molecule has 4 aromatic rings. The van der Waals surface area contributed by atoms with Gasteiger partial charge in [0.1, 0.15) is 18.5 Å². The van der Waals surface area contributed by atoms with Gasteiger partial charge in [-0.2, -0.15) is 0 Å². The van der Waals surface area contributed by atoms with Gasteiger partial charge in [0.05, 0.1) is 28.5 Å². The minimum absolute atomic E-state index is 0.508. The van der Waals surface area contributed by atoms with Gasteiger partial charge in [0, 0.05) is 67.3 Å². The maximum atomic E-state index is 5.03. The Morgan fingerprint density at radius 1 is 0.627 bits per heavy atom. The summed E-state index contributed by atoms with van der Waals surface area (Å²) in [5, 5.41) is 7.02. The molecule has 0 unspecified atom stereocenters.